The first-order chi connectivity index (χ1) is 17.4. The molecule has 0 heterocycles. The van der Waals surface area contributed by atoms with E-state index in [4.69, 9.17) is 4.74 Å². The van der Waals surface area contributed by atoms with Gasteiger partial charge in [0.15, 0.2) is 0 Å². The first kappa shape index (κ1) is 29.6. The molecule has 206 valence electrons. The molecule has 5 nitrogen and oxygen atoms in total. The Bertz CT molecular complexity index is 954. The Morgan fingerprint density at radius 2 is 2.00 bits per heavy atom. The minimum absolute atomic E-state index is 0.0895. The van der Waals surface area contributed by atoms with Gasteiger partial charge in [0, 0.05) is 6.42 Å². The molecule has 0 saturated heterocycles. The van der Waals surface area contributed by atoms with Gasteiger partial charge in [0.25, 0.3) is 0 Å². The van der Waals surface area contributed by atoms with Crippen LogP contribution in [0.3, 0.4) is 0 Å². The second-order valence-electron chi connectivity index (χ2n) is 12.2. The maximum Gasteiger partial charge on any atom is 0.314 e. The molecule has 0 radical (unpaired) electrons. The number of ether oxygens (including phenoxy) is 1. The molecule has 0 amide bonds. The van der Waals surface area contributed by atoms with E-state index in [2.05, 4.69) is 32.2 Å². The van der Waals surface area contributed by atoms with Gasteiger partial charge in [-0.3, -0.25) is 4.79 Å². The molecular weight excluding hydrogens is 464 g/mol. The van der Waals surface area contributed by atoms with Gasteiger partial charge < -0.3 is 20.1 Å². The molecular formula is C32H48O5. The standard InChI is InChI=1S/C32H48O5/c1-7-8-18-37-30(36)31(4,5)29(35)16-11-21(2)26-14-15-27-23(10-9-17-32(26,27)6)12-13-24-19-25(33)20-28(34)22(24)3/h11-13,16,25-29,33-35H,2-3,7-10,14-15,17-20H2,1,4-6H3/t25-,26-,27+,28+,29-,32-/m1/s1. The Morgan fingerprint density at radius 1 is 1.27 bits per heavy atom. The predicted molar refractivity (Wildman–Crippen MR) is 149 cm³/mol. The van der Waals surface area contributed by atoms with Gasteiger partial charge >= 0.3 is 5.97 Å². The van der Waals surface area contributed by atoms with Crippen LogP contribution in [0.1, 0.15) is 85.5 Å². The Labute approximate surface area is 223 Å². The zero-order chi connectivity index (χ0) is 27.4. The Hall–Kier alpha value is -1.95. The molecule has 0 aromatic heterocycles. The lowest BCUT2D eigenvalue weighted by Crippen LogP contribution is -2.37. The van der Waals surface area contributed by atoms with Crippen LogP contribution >= 0.6 is 0 Å². The van der Waals surface area contributed by atoms with E-state index in [9.17, 15) is 20.1 Å². The number of unbranched alkanes of at least 4 members (excludes halogenated alkanes) is 1. The number of esters is 1. The van der Waals surface area contributed by atoms with Gasteiger partial charge in [0.2, 0.25) is 0 Å². The molecule has 0 bridgehead atoms. The maximum atomic E-state index is 12.5. The number of hydrogen-bond acceptors (Lipinski definition) is 5. The van der Waals surface area contributed by atoms with Crippen LogP contribution in [-0.4, -0.2) is 46.2 Å². The number of carbonyl (C=O) groups excluding carboxylic acids is 1. The normalized spacial score (nSPS) is 33.6. The lowest BCUT2D eigenvalue weighted by molar-refractivity contribution is -0.158. The molecule has 3 saturated carbocycles. The minimum atomic E-state index is -1.02. The van der Waals surface area contributed by atoms with Gasteiger partial charge in [-0.15, -0.1) is 0 Å². The molecule has 0 aromatic rings. The van der Waals surface area contributed by atoms with Gasteiger partial charge in [0.05, 0.1) is 30.3 Å². The maximum absolute atomic E-state index is 12.5. The molecule has 3 aliphatic carbocycles. The minimum Gasteiger partial charge on any atom is -0.465 e. The number of hydrogen-bond donors (Lipinski definition) is 3. The molecule has 0 unspecified atom stereocenters. The molecule has 3 N–H and O–H groups in total. The van der Waals surface area contributed by atoms with Crippen LogP contribution in [0.15, 0.2) is 59.8 Å². The van der Waals surface area contributed by atoms with E-state index in [1.807, 2.05) is 13.0 Å². The van der Waals surface area contributed by atoms with Gasteiger partial charge in [-0.2, -0.15) is 0 Å². The Kier molecular flexibility index (Phi) is 9.82. The third kappa shape index (κ3) is 6.55. The van der Waals surface area contributed by atoms with Crippen LogP contribution in [0.5, 0.6) is 0 Å². The van der Waals surface area contributed by atoms with Crippen molar-refractivity contribution in [3.63, 3.8) is 0 Å². The molecule has 0 aliphatic heterocycles. The largest absolute Gasteiger partial charge is 0.465 e. The fourth-order valence-electron chi connectivity index (χ4n) is 6.50. The fourth-order valence-corrected chi connectivity index (χ4v) is 6.50. The highest BCUT2D eigenvalue weighted by molar-refractivity contribution is 5.77. The van der Waals surface area contributed by atoms with E-state index < -0.39 is 23.7 Å². The second-order valence-corrected chi connectivity index (χ2v) is 12.2. The zero-order valence-corrected chi connectivity index (χ0v) is 23.3. The van der Waals surface area contributed by atoms with Gasteiger partial charge in [-0.05, 0) is 87.2 Å². The third-order valence-electron chi connectivity index (χ3n) is 9.17. The number of aliphatic hydroxyl groups excluding tert-OH is 3. The molecule has 3 rings (SSSR count). The van der Waals surface area contributed by atoms with Crippen molar-refractivity contribution in [1.82, 2.24) is 0 Å². The lowest BCUT2D eigenvalue weighted by Gasteiger charge is -2.42. The zero-order valence-electron chi connectivity index (χ0n) is 23.3. The number of allylic oxidation sites excluding steroid dienone is 5. The van der Waals surface area contributed by atoms with Crippen molar-refractivity contribution in [2.24, 2.45) is 22.7 Å². The van der Waals surface area contributed by atoms with E-state index in [0.717, 1.165) is 61.7 Å². The van der Waals surface area contributed by atoms with Crippen molar-refractivity contribution in [2.45, 2.75) is 104 Å². The Balaban J connectivity index is 1.70. The number of fused-ring (bicyclic) bond motifs is 1. The summed E-state index contributed by atoms with van der Waals surface area (Å²) < 4.78 is 5.36. The monoisotopic (exact) mass is 512 g/mol. The van der Waals surface area contributed by atoms with Crippen molar-refractivity contribution in [3.8, 4) is 0 Å². The second kappa shape index (κ2) is 12.3. The van der Waals surface area contributed by atoms with Crippen molar-refractivity contribution in [3.05, 3.63) is 59.8 Å². The third-order valence-corrected chi connectivity index (χ3v) is 9.17. The predicted octanol–water partition coefficient (Wildman–Crippen LogP) is 5.97. The van der Waals surface area contributed by atoms with E-state index in [1.54, 1.807) is 19.9 Å². The van der Waals surface area contributed by atoms with Gasteiger partial charge in [-0.25, -0.2) is 0 Å². The van der Waals surface area contributed by atoms with Crippen molar-refractivity contribution >= 4 is 5.97 Å². The summed E-state index contributed by atoms with van der Waals surface area (Å²) in [7, 11) is 0. The summed E-state index contributed by atoms with van der Waals surface area (Å²) in [6.07, 6.45) is 13.8. The van der Waals surface area contributed by atoms with E-state index in [-0.39, 0.29) is 11.4 Å². The average Bonchev–Trinajstić information content (AvgIpc) is 3.21. The molecule has 0 spiro atoms. The first-order valence-corrected chi connectivity index (χ1v) is 14.1. The van der Waals surface area contributed by atoms with E-state index >= 15 is 0 Å². The summed E-state index contributed by atoms with van der Waals surface area (Å²) in [4.78, 5) is 12.5. The summed E-state index contributed by atoms with van der Waals surface area (Å²) in [6.45, 7) is 16.7. The summed E-state index contributed by atoms with van der Waals surface area (Å²) in [5.74, 6) is 0.383. The lowest BCUT2D eigenvalue weighted by atomic mass is 9.62. The fraction of sp³-hybridized carbons (Fsp3) is 0.656. The quantitative estimate of drug-likeness (QED) is 0.201. The molecule has 3 aliphatic rings. The Morgan fingerprint density at radius 3 is 2.70 bits per heavy atom. The van der Waals surface area contributed by atoms with Gasteiger partial charge in [0.1, 0.15) is 0 Å². The average molecular weight is 513 g/mol. The molecule has 3 fully saturated rings. The molecule has 6 atom stereocenters. The van der Waals surface area contributed by atoms with Crippen LogP contribution in [-0.2, 0) is 9.53 Å². The van der Waals surface area contributed by atoms with Crippen LogP contribution in [0.4, 0.5) is 0 Å². The highest BCUT2D eigenvalue weighted by Crippen LogP contribution is 2.59. The van der Waals surface area contributed by atoms with E-state index in [0.29, 0.717) is 31.3 Å². The van der Waals surface area contributed by atoms with Crippen LogP contribution in [0.25, 0.3) is 0 Å². The van der Waals surface area contributed by atoms with Crippen LogP contribution in [0.2, 0.25) is 0 Å². The van der Waals surface area contributed by atoms with Crippen molar-refractivity contribution < 1.29 is 24.9 Å². The van der Waals surface area contributed by atoms with Gasteiger partial charge in [-0.1, -0.05) is 68.9 Å². The summed E-state index contributed by atoms with van der Waals surface area (Å²) in [5, 5.41) is 31.1. The summed E-state index contributed by atoms with van der Waals surface area (Å²) in [6, 6.07) is 0. The molecule has 5 heteroatoms. The van der Waals surface area contributed by atoms with Crippen LogP contribution < -0.4 is 0 Å². The highest BCUT2D eigenvalue weighted by Gasteiger charge is 2.49. The summed E-state index contributed by atoms with van der Waals surface area (Å²) in [5.41, 5.74) is 3.17. The number of rotatable bonds is 9. The SMILES string of the molecule is C=C(C=C[C@@H](O)C(C)(C)C(=O)OCCCC)[C@H]1CC[C@H]2C(=CC=C3C[C@@H](O)C[C@H](O)C3=C)CCC[C@]12C. The topological polar surface area (TPSA) is 87.0 Å². The smallest absolute Gasteiger partial charge is 0.314 e. The highest BCUT2D eigenvalue weighted by atomic mass is 16.5. The number of aliphatic hydroxyl groups is 3. The van der Waals surface area contributed by atoms with Crippen molar-refractivity contribution in [2.75, 3.05) is 6.61 Å². The molecule has 37 heavy (non-hydrogen) atoms. The van der Waals surface area contributed by atoms with Crippen molar-refractivity contribution in [1.29, 1.82) is 0 Å². The van der Waals surface area contributed by atoms with Crippen LogP contribution in [0, 0.1) is 22.7 Å². The molecule has 0 aromatic carbocycles. The van der Waals surface area contributed by atoms with E-state index in [1.165, 1.54) is 5.57 Å². The number of carbonyl (C=O) groups is 1. The summed E-state index contributed by atoms with van der Waals surface area (Å²) >= 11 is 0. The first-order valence-electron chi connectivity index (χ1n) is 14.1.